The summed E-state index contributed by atoms with van der Waals surface area (Å²) in [6.07, 6.45) is 0. The maximum atomic E-state index is 12.3. The highest BCUT2D eigenvalue weighted by Crippen LogP contribution is 2.19. The maximum Gasteiger partial charge on any atom is 0.237 e. The van der Waals surface area contributed by atoms with Crippen LogP contribution in [0.2, 0.25) is 0 Å². The SMILES string of the molecule is Cc1ccc(N)c(S(=O)CC(=O)Nc2ccccc2C)c1. The lowest BCUT2D eigenvalue weighted by molar-refractivity contribution is -0.113. The molecule has 21 heavy (non-hydrogen) atoms. The third-order valence-electron chi connectivity index (χ3n) is 3.10. The Balaban J connectivity index is 2.08. The summed E-state index contributed by atoms with van der Waals surface area (Å²) in [5.41, 5.74) is 8.93. The molecule has 0 aliphatic carbocycles. The molecular weight excluding hydrogens is 284 g/mol. The van der Waals surface area contributed by atoms with Gasteiger partial charge >= 0.3 is 0 Å². The van der Waals surface area contributed by atoms with Crippen molar-refractivity contribution >= 4 is 28.1 Å². The summed E-state index contributed by atoms with van der Waals surface area (Å²) in [7, 11) is -1.45. The lowest BCUT2D eigenvalue weighted by Gasteiger charge is -2.09. The fourth-order valence-corrected chi connectivity index (χ4v) is 3.05. The van der Waals surface area contributed by atoms with Gasteiger partial charge in [0.05, 0.1) is 15.7 Å². The van der Waals surface area contributed by atoms with Crippen molar-refractivity contribution in [2.24, 2.45) is 0 Å². The molecule has 2 aromatic carbocycles. The number of amides is 1. The number of nitrogens with two attached hydrogens (primary N) is 1. The Labute approximate surface area is 126 Å². The molecule has 3 N–H and O–H groups in total. The molecule has 0 bridgehead atoms. The van der Waals surface area contributed by atoms with Gasteiger partial charge in [-0.05, 0) is 43.2 Å². The minimum absolute atomic E-state index is 0.109. The highest BCUT2D eigenvalue weighted by atomic mass is 32.2. The normalized spacial score (nSPS) is 11.9. The number of benzene rings is 2. The van der Waals surface area contributed by atoms with Gasteiger partial charge in [-0.2, -0.15) is 0 Å². The first kappa shape index (κ1) is 15.3. The number of hydrogen-bond donors (Lipinski definition) is 2. The quantitative estimate of drug-likeness (QED) is 0.853. The van der Waals surface area contributed by atoms with E-state index in [1.165, 1.54) is 0 Å². The molecule has 0 saturated carbocycles. The average Bonchev–Trinajstić information content (AvgIpc) is 2.44. The molecule has 0 heterocycles. The molecule has 1 unspecified atom stereocenters. The Morgan fingerprint density at radius 1 is 1.19 bits per heavy atom. The van der Waals surface area contributed by atoms with Crippen LogP contribution in [0.25, 0.3) is 0 Å². The first-order chi connectivity index (χ1) is 9.97. The molecule has 0 aromatic heterocycles. The summed E-state index contributed by atoms with van der Waals surface area (Å²) in [5, 5.41) is 2.77. The van der Waals surface area contributed by atoms with Crippen LogP contribution in [0.5, 0.6) is 0 Å². The number of carbonyl (C=O) groups excluding carboxylic acids is 1. The van der Waals surface area contributed by atoms with E-state index in [9.17, 15) is 9.00 Å². The third kappa shape index (κ3) is 3.92. The van der Waals surface area contributed by atoms with E-state index < -0.39 is 10.8 Å². The van der Waals surface area contributed by atoms with Crippen LogP contribution in [-0.4, -0.2) is 15.9 Å². The summed E-state index contributed by atoms with van der Waals surface area (Å²) in [4.78, 5) is 12.5. The zero-order valence-corrected chi connectivity index (χ0v) is 12.9. The molecule has 0 aliphatic heterocycles. The van der Waals surface area contributed by atoms with Gasteiger partial charge < -0.3 is 11.1 Å². The van der Waals surface area contributed by atoms with Crippen LogP contribution in [0.1, 0.15) is 11.1 Å². The highest BCUT2D eigenvalue weighted by Gasteiger charge is 2.13. The van der Waals surface area contributed by atoms with Crippen LogP contribution >= 0.6 is 0 Å². The number of aryl methyl sites for hydroxylation is 2. The zero-order valence-electron chi connectivity index (χ0n) is 12.1. The number of anilines is 2. The van der Waals surface area contributed by atoms with Crippen molar-refractivity contribution in [2.45, 2.75) is 18.7 Å². The molecule has 2 aromatic rings. The van der Waals surface area contributed by atoms with E-state index in [1.807, 2.05) is 44.2 Å². The van der Waals surface area contributed by atoms with Crippen molar-refractivity contribution < 1.29 is 9.00 Å². The molecule has 0 fully saturated rings. The molecule has 0 radical (unpaired) electrons. The summed E-state index contributed by atoms with van der Waals surface area (Å²) in [6.45, 7) is 3.80. The standard InChI is InChI=1S/C16H18N2O2S/c1-11-7-8-13(17)15(9-11)21(20)10-16(19)18-14-6-4-3-5-12(14)2/h3-9H,10,17H2,1-2H3,(H,18,19). The van der Waals surface area contributed by atoms with Crippen LogP contribution in [-0.2, 0) is 15.6 Å². The van der Waals surface area contributed by atoms with E-state index in [1.54, 1.807) is 12.1 Å². The molecular formula is C16H18N2O2S. The van der Waals surface area contributed by atoms with Gasteiger partial charge in [0, 0.05) is 11.4 Å². The first-order valence-electron chi connectivity index (χ1n) is 6.57. The first-order valence-corrected chi connectivity index (χ1v) is 7.89. The molecule has 4 nitrogen and oxygen atoms in total. The van der Waals surface area contributed by atoms with Crippen molar-refractivity contribution in [3.63, 3.8) is 0 Å². The highest BCUT2D eigenvalue weighted by molar-refractivity contribution is 7.86. The van der Waals surface area contributed by atoms with Gasteiger partial charge in [0.2, 0.25) is 5.91 Å². The fourth-order valence-electron chi connectivity index (χ4n) is 1.94. The minimum atomic E-state index is -1.45. The van der Waals surface area contributed by atoms with Crippen LogP contribution in [0.15, 0.2) is 47.4 Å². The summed E-state index contributed by atoms with van der Waals surface area (Å²) >= 11 is 0. The van der Waals surface area contributed by atoms with Crippen LogP contribution < -0.4 is 11.1 Å². The molecule has 1 amide bonds. The van der Waals surface area contributed by atoms with Crippen LogP contribution in [0.3, 0.4) is 0 Å². The van der Waals surface area contributed by atoms with Crippen molar-refractivity contribution in [1.82, 2.24) is 0 Å². The van der Waals surface area contributed by atoms with Crippen molar-refractivity contribution in [1.29, 1.82) is 0 Å². The van der Waals surface area contributed by atoms with Crippen LogP contribution in [0.4, 0.5) is 11.4 Å². The number of carbonyl (C=O) groups is 1. The van der Waals surface area contributed by atoms with E-state index in [4.69, 9.17) is 5.73 Å². The Morgan fingerprint density at radius 2 is 1.90 bits per heavy atom. The molecule has 1 atom stereocenters. The lowest BCUT2D eigenvalue weighted by Crippen LogP contribution is -2.20. The van der Waals surface area contributed by atoms with Gasteiger partial charge in [0.1, 0.15) is 5.75 Å². The second-order valence-corrected chi connectivity index (χ2v) is 6.31. The van der Waals surface area contributed by atoms with Gasteiger partial charge in [-0.3, -0.25) is 9.00 Å². The smallest absolute Gasteiger partial charge is 0.237 e. The monoisotopic (exact) mass is 302 g/mol. The van der Waals surface area contributed by atoms with E-state index in [2.05, 4.69) is 5.32 Å². The number of hydrogen-bond acceptors (Lipinski definition) is 3. The zero-order chi connectivity index (χ0) is 15.4. The topological polar surface area (TPSA) is 72.2 Å². The van der Waals surface area contributed by atoms with Gasteiger partial charge in [-0.1, -0.05) is 24.3 Å². The van der Waals surface area contributed by atoms with Gasteiger partial charge in [-0.25, -0.2) is 0 Å². The van der Waals surface area contributed by atoms with Crippen molar-refractivity contribution in [3.05, 3.63) is 53.6 Å². The third-order valence-corrected chi connectivity index (χ3v) is 4.46. The fraction of sp³-hybridized carbons (Fsp3) is 0.188. The molecule has 110 valence electrons. The largest absolute Gasteiger partial charge is 0.398 e. The second-order valence-electron chi connectivity index (χ2n) is 4.89. The van der Waals surface area contributed by atoms with Crippen molar-refractivity contribution in [3.8, 4) is 0 Å². The molecule has 5 heteroatoms. The Morgan fingerprint density at radius 3 is 2.62 bits per heavy atom. The van der Waals surface area contributed by atoms with E-state index >= 15 is 0 Å². The Kier molecular flexibility index (Phi) is 4.75. The maximum absolute atomic E-state index is 12.3. The van der Waals surface area contributed by atoms with Crippen molar-refractivity contribution in [2.75, 3.05) is 16.8 Å². The number of rotatable bonds is 4. The van der Waals surface area contributed by atoms with Crippen LogP contribution in [0, 0.1) is 13.8 Å². The van der Waals surface area contributed by atoms with Gasteiger partial charge in [-0.15, -0.1) is 0 Å². The van der Waals surface area contributed by atoms with E-state index in [-0.39, 0.29) is 11.7 Å². The summed E-state index contributed by atoms with van der Waals surface area (Å²) in [5.74, 6) is -0.398. The Hall–Kier alpha value is -2.14. The lowest BCUT2D eigenvalue weighted by atomic mass is 10.2. The second kappa shape index (κ2) is 6.54. The molecule has 0 spiro atoms. The average molecular weight is 302 g/mol. The summed E-state index contributed by atoms with van der Waals surface area (Å²) in [6, 6.07) is 12.8. The van der Waals surface area contributed by atoms with Gasteiger partial charge in [0.25, 0.3) is 0 Å². The molecule has 0 saturated heterocycles. The Bertz CT molecular complexity index is 698. The number of nitrogen functional groups attached to an aromatic ring is 1. The predicted octanol–water partition coefficient (Wildman–Crippen LogP) is 2.63. The molecule has 0 aliphatic rings. The molecule has 2 rings (SSSR count). The predicted molar refractivity (Wildman–Crippen MR) is 86.7 cm³/mol. The van der Waals surface area contributed by atoms with E-state index in [0.717, 1.165) is 16.8 Å². The number of nitrogens with one attached hydrogen (secondary N) is 1. The van der Waals surface area contributed by atoms with Gasteiger partial charge in [0.15, 0.2) is 0 Å². The number of para-hydroxylation sites is 1. The minimum Gasteiger partial charge on any atom is -0.398 e. The van der Waals surface area contributed by atoms with E-state index in [0.29, 0.717) is 10.6 Å². The summed E-state index contributed by atoms with van der Waals surface area (Å²) < 4.78 is 12.3.